The SMILES string of the molecule is Nc1n[nH]c(C(=O)NCc2ccccn2)n1. The zero-order valence-electron chi connectivity index (χ0n) is 8.34. The first-order chi connectivity index (χ1) is 7.75. The summed E-state index contributed by atoms with van der Waals surface area (Å²) in [7, 11) is 0. The van der Waals surface area contributed by atoms with Crippen molar-refractivity contribution in [2.24, 2.45) is 0 Å². The molecular formula is C9H10N6O. The second-order valence-corrected chi connectivity index (χ2v) is 3.05. The topological polar surface area (TPSA) is 110 Å². The summed E-state index contributed by atoms with van der Waals surface area (Å²) in [5, 5.41) is 8.62. The quantitative estimate of drug-likeness (QED) is 0.655. The van der Waals surface area contributed by atoms with Gasteiger partial charge >= 0.3 is 0 Å². The van der Waals surface area contributed by atoms with Crippen molar-refractivity contribution in [3.8, 4) is 0 Å². The van der Waals surface area contributed by atoms with E-state index in [4.69, 9.17) is 5.73 Å². The number of nitrogens with one attached hydrogen (secondary N) is 2. The summed E-state index contributed by atoms with van der Waals surface area (Å²) in [6.07, 6.45) is 1.66. The van der Waals surface area contributed by atoms with E-state index < -0.39 is 0 Å². The van der Waals surface area contributed by atoms with Crippen LogP contribution in [0, 0.1) is 0 Å². The van der Waals surface area contributed by atoms with Crippen molar-refractivity contribution in [2.75, 3.05) is 5.73 Å². The molecule has 0 aliphatic carbocycles. The molecule has 2 aromatic rings. The molecule has 7 nitrogen and oxygen atoms in total. The van der Waals surface area contributed by atoms with Crippen LogP contribution in [0.2, 0.25) is 0 Å². The first-order valence-electron chi connectivity index (χ1n) is 4.61. The molecule has 2 rings (SSSR count). The van der Waals surface area contributed by atoms with Crippen LogP contribution >= 0.6 is 0 Å². The van der Waals surface area contributed by atoms with Crippen LogP contribution in [0.5, 0.6) is 0 Å². The van der Waals surface area contributed by atoms with Gasteiger partial charge in [0.05, 0.1) is 12.2 Å². The molecule has 0 saturated carbocycles. The van der Waals surface area contributed by atoms with Crippen LogP contribution in [0.15, 0.2) is 24.4 Å². The van der Waals surface area contributed by atoms with Crippen molar-refractivity contribution in [2.45, 2.75) is 6.54 Å². The lowest BCUT2D eigenvalue weighted by Gasteiger charge is -2.01. The molecule has 0 spiro atoms. The number of carbonyl (C=O) groups excluding carboxylic acids is 1. The van der Waals surface area contributed by atoms with Gasteiger partial charge in [0.25, 0.3) is 5.91 Å². The smallest absolute Gasteiger partial charge is 0.288 e. The van der Waals surface area contributed by atoms with Crippen molar-refractivity contribution in [3.63, 3.8) is 0 Å². The molecule has 1 amide bonds. The highest BCUT2D eigenvalue weighted by molar-refractivity contribution is 5.90. The first kappa shape index (κ1) is 10.1. The number of hydrogen-bond acceptors (Lipinski definition) is 5. The van der Waals surface area contributed by atoms with Crippen LogP contribution in [-0.4, -0.2) is 26.1 Å². The van der Waals surface area contributed by atoms with Crippen LogP contribution < -0.4 is 11.1 Å². The van der Waals surface area contributed by atoms with Crippen LogP contribution in [0.4, 0.5) is 5.95 Å². The summed E-state index contributed by atoms with van der Waals surface area (Å²) in [6, 6.07) is 5.47. The second kappa shape index (κ2) is 4.39. The van der Waals surface area contributed by atoms with Crippen molar-refractivity contribution in [3.05, 3.63) is 35.9 Å². The zero-order chi connectivity index (χ0) is 11.4. The molecule has 0 atom stereocenters. The normalized spacial score (nSPS) is 10.0. The molecule has 0 fully saturated rings. The highest BCUT2D eigenvalue weighted by Gasteiger charge is 2.09. The van der Waals surface area contributed by atoms with Gasteiger partial charge in [-0.15, -0.1) is 5.10 Å². The summed E-state index contributed by atoms with van der Waals surface area (Å²) in [5.41, 5.74) is 6.04. The lowest BCUT2D eigenvalue weighted by Crippen LogP contribution is -2.24. The minimum atomic E-state index is -0.366. The molecule has 0 aliphatic heterocycles. The third-order valence-corrected chi connectivity index (χ3v) is 1.87. The fraction of sp³-hybridized carbons (Fsp3) is 0.111. The predicted octanol–water partition coefficient (Wildman–Crippen LogP) is -0.288. The number of aromatic amines is 1. The number of aromatic nitrogens is 4. The third-order valence-electron chi connectivity index (χ3n) is 1.87. The van der Waals surface area contributed by atoms with Gasteiger partial charge in [-0.3, -0.25) is 14.9 Å². The molecule has 0 unspecified atom stereocenters. The van der Waals surface area contributed by atoms with Gasteiger partial charge in [0.15, 0.2) is 0 Å². The lowest BCUT2D eigenvalue weighted by atomic mass is 10.3. The van der Waals surface area contributed by atoms with Crippen molar-refractivity contribution in [1.29, 1.82) is 0 Å². The molecule has 82 valence electrons. The lowest BCUT2D eigenvalue weighted by molar-refractivity contribution is 0.0940. The number of nitrogens with zero attached hydrogens (tertiary/aromatic N) is 3. The monoisotopic (exact) mass is 218 g/mol. The van der Waals surface area contributed by atoms with E-state index in [1.165, 1.54) is 0 Å². The van der Waals surface area contributed by atoms with E-state index in [-0.39, 0.29) is 17.7 Å². The summed E-state index contributed by atoms with van der Waals surface area (Å²) in [5.74, 6) is -0.230. The minimum Gasteiger partial charge on any atom is -0.366 e. The Hall–Kier alpha value is -2.44. The number of nitrogen functional groups attached to an aromatic ring is 1. The first-order valence-corrected chi connectivity index (χ1v) is 4.61. The van der Waals surface area contributed by atoms with Gasteiger partial charge in [0, 0.05) is 6.20 Å². The largest absolute Gasteiger partial charge is 0.366 e. The number of amides is 1. The number of nitrogens with two attached hydrogens (primary N) is 1. The summed E-state index contributed by atoms with van der Waals surface area (Å²) in [4.78, 5) is 19.3. The fourth-order valence-corrected chi connectivity index (χ4v) is 1.13. The Bertz CT molecular complexity index is 480. The summed E-state index contributed by atoms with van der Waals surface area (Å²) in [6.45, 7) is 0.334. The molecule has 4 N–H and O–H groups in total. The number of rotatable bonds is 3. The van der Waals surface area contributed by atoms with Crippen molar-refractivity contribution < 1.29 is 4.79 Å². The van der Waals surface area contributed by atoms with Gasteiger partial charge < -0.3 is 11.1 Å². The van der Waals surface area contributed by atoms with Crippen LogP contribution in [0.25, 0.3) is 0 Å². The summed E-state index contributed by atoms with van der Waals surface area (Å²) < 4.78 is 0. The van der Waals surface area contributed by atoms with Gasteiger partial charge in [0.2, 0.25) is 11.8 Å². The highest BCUT2D eigenvalue weighted by Crippen LogP contribution is 1.95. The molecule has 0 bridgehead atoms. The number of carbonyl (C=O) groups is 1. The number of anilines is 1. The van der Waals surface area contributed by atoms with Gasteiger partial charge in [0.1, 0.15) is 0 Å². The second-order valence-electron chi connectivity index (χ2n) is 3.05. The van der Waals surface area contributed by atoms with E-state index in [1.807, 2.05) is 18.2 Å². The Morgan fingerprint density at radius 3 is 3.00 bits per heavy atom. The van der Waals surface area contributed by atoms with Crippen LogP contribution in [0.3, 0.4) is 0 Å². The van der Waals surface area contributed by atoms with E-state index >= 15 is 0 Å². The summed E-state index contributed by atoms with van der Waals surface area (Å²) >= 11 is 0. The maximum atomic E-state index is 11.5. The van der Waals surface area contributed by atoms with E-state index in [1.54, 1.807) is 6.20 Å². The van der Waals surface area contributed by atoms with Crippen LogP contribution in [0.1, 0.15) is 16.3 Å². The Morgan fingerprint density at radius 1 is 1.50 bits per heavy atom. The number of hydrogen-bond donors (Lipinski definition) is 3. The number of pyridine rings is 1. The van der Waals surface area contributed by atoms with Gasteiger partial charge in [-0.25, -0.2) is 0 Å². The van der Waals surface area contributed by atoms with Gasteiger partial charge in [-0.1, -0.05) is 6.07 Å². The number of H-pyrrole nitrogens is 1. The zero-order valence-corrected chi connectivity index (χ0v) is 8.34. The maximum absolute atomic E-state index is 11.5. The molecule has 0 radical (unpaired) electrons. The average molecular weight is 218 g/mol. The van der Waals surface area contributed by atoms with Gasteiger partial charge in [-0.05, 0) is 12.1 Å². The molecule has 0 aromatic carbocycles. The Morgan fingerprint density at radius 2 is 2.38 bits per heavy atom. The molecule has 2 aromatic heterocycles. The predicted molar refractivity (Wildman–Crippen MR) is 56.2 cm³/mol. The Kier molecular flexibility index (Phi) is 2.77. The molecule has 16 heavy (non-hydrogen) atoms. The fourth-order valence-electron chi connectivity index (χ4n) is 1.13. The molecule has 0 aliphatic rings. The molecular weight excluding hydrogens is 208 g/mol. The Labute approximate surface area is 91.1 Å². The molecule has 0 saturated heterocycles. The standard InChI is InChI=1S/C9H10N6O/c10-9-13-7(14-15-9)8(16)12-5-6-3-1-2-4-11-6/h1-4H,5H2,(H,12,16)(H3,10,13,14,15). The minimum absolute atomic E-state index is 0.0444. The average Bonchev–Trinajstić information content (AvgIpc) is 2.74. The van der Waals surface area contributed by atoms with Crippen molar-refractivity contribution in [1.82, 2.24) is 25.5 Å². The maximum Gasteiger partial charge on any atom is 0.288 e. The van der Waals surface area contributed by atoms with E-state index in [2.05, 4.69) is 25.5 Å². The van der Waals surface area contributed by atoms with Gasteiger partial charge in [-0.2, -0.15) is 4.98 Å². The third kappa shape index (κ3) is 2.32. The highest BCUT2D eigenvalue weighted by atomic mass is 16.2. The molecule has 2 heterocycles. The van der Waals surface area contributed by atoms with E-state index in [0.717, 1.165) is 5.69 Å². The van der Waals surface area contributed by atoms with Crippen molar-refractivity contribution >= 4 is 11.9 Å². The Balaban J connectivity index is 1.94. The van der Waals surface area contributed by atoms with Crippen LogP contribution in [-0.2, 0) is 6.54 Å². The van der Waals surface area contributed by atoms with E-state index in [9.17, 15) is 4.79 Å². The molecule has 7 heteroatoms. The van der Waals surface area contributed by atoms with E-state index in [0.29, 0.717) is 6.54 Å².